The second-order valence-corrected chi connectivity index (χ2v) is 6.24. The first-order valence-corrected chi connectivity index (χ1v) is 8.35. The minimum atomic E-state index is 0.469. The molecule has 0 saturated carbocycles. The molecule has 0 amide bonds. The van der Waals surface area contributed by atoms with Crippen LogP contribution in [0.25, 0.3) is 28.6 Å². The van der Waals surface area contributed by atoms with Crippen molar-refractivity contribution in [3.05, 3.63) is 66.5 Å². The molecule has 0 N–H and O–H groups in total. The molecule has 2 aromatic heterocycles. The first-order chi connectivity index (χ1) is 12.6. The number of para-hydroxylation sites is 1. The normalized spacial score (nSPS) is 10.9. The van der Waals surface area contributed by atoms with Crippen molar-refractivity contribution in [2.45, 2.75) is 6.92 Å². The van der Waals surface area contributed by atoms with E-state index < -0.39 is 0 Å². The van der Waals surface area contributed by atoms with Gasteiger partial charge in [0.1, 0.15) is 0 Å². The molecule has 0 spiro atoms. The highest BCUT2D eigenvalue weighted by Gasteiger charge is 2.16. The van der Waals surface area contributed by atoms with Gasteiger partial charge in [-0.2, -0.15) is 5.10 Å². The molecule has 26 heavy (non-hydrogen) atoms. The van der Waals surface area contributed by atoms with Gasteiger partial charge in [0.2, 0.25) is 5.89 Å². The van der Waals surface area contributed by atoms with E-state index in [0.29, 0.717) is 11.8 Å². The zero-order valence-corrected chi connectivity index (χ0v) is 14.9. The number of anilines is 1. The zero-order valence-electron chi connectivity index (χ0n) is 14.9. The second-order valence-electron chi connectivity index (χ2n) is 6.24. The van der Waals surface area contributed by atoms with Gasteiger partial charge < -0.3 is 9.32 Å². The summed E-state index contributed by atoms with van der Waals surface area (Å²) in [4.78, 5) is 2.05. The Balaban J connectivity index is 1.65. The summed E-state index contributed by atoms with van der Waals surface area (Å²) in [5.74, 6) is 0.966. The van der Waals surface area contributed by atoms with Crippen molar-refractivity contribution in [2.75, 3.05) is 19.0 Å². The van der Waals surface area contributed by atoms with E-state index in [2.05, 4.69) is 15.3 Å². The number of benzene rings is 2. The SMILES string of the molecule is Cc1c(-c2nnc(-c3ccc(N(C)C)cc3)o2)cnn1-c1ccccc1. The summed E-state index contributed by atoms with van der Waals surface area (Å²) in [5.41, 5.74) is 4.79. The van der Waals surface area contributed by atoms with Gasteiger partial charge in [-0.1, -0.05) is 18.2 Å². The number of nitrogens with zero attached hydrogens (tertiary/aromatic N) is 5. The molecule has 0 bridgehead atoms. The van der Waals surface area contributed by atoms with E-state index in [1.165, 1.54) is 0 Å². The van der Waals surface area contributed by atoms with Crippen molar-refractivity contribution in [1.29, 1.82) is 0 Å². The first kappa shape index (κ1) is 16.1. The van der Waals surface area contributed by atoms with Gasteiger partial charge in [0.25, 0.3) is 5.89 Å². The van der Waals surface area contributed by atoms with Crippen LogP contribution in [-0.2, 0) is 0 Å². The minimum absolute atomic E-state index is 0.469. The molecule has 2 aromatic carbocycles. The van der Waals surface area contributed by atoms with Gasteiger partial charge in [-0.05, 0) is 43.3 Å². The third-order valence-electron chi connectivity index (χ3n) is 4.30. The standard InChI is InChI=1S/C20H19N5O/c1-14-18(13-21-25(14)17-7-5-4-6-8-17)20-23-22-19(26-20)15-9-11-16(12-10-15)24(2)3/h4-13H,1-3H3. The third kappa shape index (κ3) is 2.86. The molecule has 0 aliphatic rings. The summed E-state index contributed by atoms with van der Waals surface area (Å²) in [7, 11) is 4.01. The maximum absolute atomic E-state index is 5.90. The molecule has 130 valence electrons. The van der Waals surface area contributed by atoms with E-state index in [0.717, 1.165) is 28.2 Å². The van der Waals surface area contributed by atoms with Crippen molar-refractivity contribution in [3.8, 4) is 28.6 Å². The molecule has 0 aliphatic carbocycles. The summed E-state index contributed by atoms with van der Waals surface area (Å²) in [6.07, 6.45) is 1.76. The maximum Gasteiger partial charge on any atom is 0.251 e. The van der Waals surface area contributed by atoms with Crippen LogP contribution >= 0.6 is 0 Å². The van der Waals surface area contributed by atoms with Gasteiger partial charge in [0, 0.05) is 25.3 Å². The van der Waals surface area contributed by atoms with Gasteiger partial charge in [-0.25, -0.2) is 4.68 Å². The Morgan fingerprint density at radius 3 is 2.27 bits per heavy atom. The van der Waals surface area contributed by atoms with Crippen LogP contribution in [0.2, 0.25) is 0 Å². The average molecular weight is 345 g/mol. The molecule has 0 fully saturated rings. The van der Waals surface area contributed by atoms with Gasteiger partial charge in [0.15, 0.2) is 0 Å². The predicted octanol–water partition coefficient (Wildman–Crippen LogP) is 3.96. The summed E-state index contributed by atoms with van der Waals surface area (Å²) in [6, 6.07) is 18.0. The molecule has 4 rings (SSSR count). The summed E-state index contributed by atoms with van der Waals surface area (Å²) in [5, 5.41) is 12.9. The van der Waals surface area contributed by atoms with Crippen LogP contribution in [0.5, 0.6) is 0 Å². The highest BCUT2D eigenvalue weighted by atomic mass is 16.4. The molecule has 0 radical (unpaired) electrons. The molecule has 0 saturated heterocycles. The van der Waals surface area contributed by atoms with Gasteiger partial charge in [-0.3, -0.25) is 0 Å². The Morgan fingerprint density at radius 2 is 1.58 bits per heavy atom. The quantitative estimate of drug-likeness (QED) is 0.560. The van der Waals surface area contributed by atoms with Crippen molar-refractivity contribution in [2.24, 2.45) is 0 Å². The first-order valence-electron chi connectivity index (χ1n) is 8.35. The minimum Gasteiger partial charge on any atom is -0.416 e. The fourth-order valence-electron chi connectivity index (χ4n) is 2.80. The number of rotatable bonds is 4. The lowest BCUT2D eigenvalue weighted by Gasteiger charge is -2.11. The Bertz CT molecular complexity index is 1020. The summed E-state index contributed by atoms with van der Waals surface area (Å²) >= 11 is 0. The lowest BCUT2D eigenvalue weighted by molar-refractivity contribution is 0.584. The molecule has 4 aromatic rings. The van der Waals surface area contributed by atoms with E-state index in [-0.39, 0.29) is 0 Å². The summed E-state index contributed by atoms with van der Waals surface area (Å²) in [6.45, 7) is 1.99. The van der Waals surface area contributed by atoms with Crippen LogP contribution in [-0.4, -0.2) is 34.1 Å². The van der Waals surface area contributed by atoms with Crippen LogP contribution < -0.4 is 4.90 Å². The lowest BCUT2D eigenvalue weighted by atomic mass is 10.2. The zero-order chi connectivity index (χ0) is 18.1. The number of hydrogen-bond donors (Lipinski definition) is 0. The van der Waals surface area contributed by atoms with Gasteiger partial charge >= 0.3 is 0 Å². The van der Waals surface area contributed by atoms with E-state index in [4.69, 9.17) is 4.42 Å². The Hall–Kier alpha value is -3.41. The van der Waals surface area contributed by atoms with Crippen LogP contribution in [0, 0.1) is 6.92 Å². The van der Waals surface area contributed by atoms with Crippen LogP contribution in [0.15, 0.2) is 65.2 Å². The Morgan fingerprint density at radius 1 is 0.885 bits per heavy atom. The molecule has 0 atom stereocenters. The molecular weight excluding hydrogens is 326 g/mol. The molecule has 6 nitrogen and oxygen atoms in total. The number of aromatic nitrogens is 4. The Labute approximate surface area is 151 Å². The molecular formula is C20H19N5O. The van der Waals surface area contributed by atoms with Crippen LogP contribution in [0.3, 0.4) is 0 Å². The molecule has 2 heterocycles. The fraction of sp³-hybridized carbons (Fsp3) is 0.150. The van der Waals surface area contributed by atoms with Gasteiger partial charge in [-0.15, -0.1) is 10.2 Å². The second kappa shape index (κ2) is 6.48. The van der Waals surface area contributed by atoms with E-state index in [1.54, 1.807) is 6.20 Å². The Kier molecular flexibility index (Phi) is 4.01. The largest absolute Gasteiger partial charge is 0.416 e. The van der Waals surface area contributed by atoms with Crippen molar-refractivity contribution in [1.82, 2.24) is 20.0 Å². The van der Waals surface area contributed by atoms with Crippen molar-refractivity contribution in [3.63, 3.8) is 0 Å². The highest BCUT2D eigenvalue weighted by Crippen LogP contribution is 2.28. The van der Waals surface area contributed by atoms with Crippen LogP contribution in [0.4, 0.5) is 5.69 Å². The van der Waals surface area contributed by atoms with Crippen molar-refractivity contribution >= 4 is 5.69 Å². The predicted molar refractivity (Wildman–Crippen MR) is 101 cm³/mol. The highest BCUT2D eigenvalue weighted by molar-refractivity contribution is 5.62. The monoisotopic (exact) mass is 345 g/mol. The average Bonchev–Trinajstić information content (AvgIpc) is 3.29. The topological polar surface area (TPSA) is 60.0 Å². The maximum atomic E-state index is 5.90. The van der Waals surface area contributed by atoms with Crippen LogP contribution in [0.1, 0.15) is 5.69 Å². The molecule has 6 heteroatoms. The molecule has 0 unspecified atom stereocenters. The fourth-order valence-corrected chi connectivity index (χ4v) is 2.80. The third-order valence-corrected chi connectivity index (χ3v) is 4.30. The smallest absolute Gasteiger partial charge is 0.251 e. The van der Waals surface area contributed by atoms with E-state index in [1.807, 2.05) is 85.2 Å². The lowest BCUT2D eigenvalue weighted by Crippen LogP contribution is -2.07. The van der Waals surface area contributed by atoms with E-state index in [9.17, 15) is 0 Å². The summed E-state index contributed by atoms with van der Waals surface area (Å²) < 4.78 is 7.76. The molecule has 0 aliphatic heterocycles. The van der Waals surface area contributed by atoms with E-state index >= 15 is 0 Å². The van der Waals surface area contributed by atoms with Crippen molar-refractivity contribution < 1.29 is 4.42 Å². The van der Waals surface area contributed by atoms with Gasteiger partial charge in [0.05, 0.1) is 23.1 Å². The number of hydrogen-bond acceptors (Lipinski definition) is 5.